The van der Waals surface area contributed by atoms with Crippen LogP contribution in [0.4, 0.5) is 0 Å². The fourth-order valence-electron chi connectivity index (χ4n) is 5.10. The number of pyridine rings is 1. The SMILES string of the molecule is COC(=O)[C@H](C)NS(=O)(=O)c1ccc(C)nc1O[C@H](C)CCCCO[Si](c1ccccc1)(c1ccccc1)C(C)(C)C. The number of hydrogen-bond acceptors (Lipinski definition) is 7. The number of nitrogens with zero attached hydrogens (tertiary/aromatic N) is 1. The summed E-state index contributed by atoms with van der Waals surface area (Å²) in [4.78, 5) is 16.0. The molecule has 0 aliphatic rings. The lowest BCUT2D eigenvalue weighted by Gasteiger charge is -2.43. The summed E-state index contributed by atoms with van der Waals surface area (Å²) in [6.45, 7) is 12.5. The number of rotatable bonds is 14. The summed E-state index contributed by atoms with van der Waals surface area (Å²) in [6, 6.07) is 23.1. The lowest BCUT2D eigenvalue weighted by molar-refractivity contribution is -0.142. The molecule has 0 unspecified atom stereocenters. The zero-order chi connectivity index (χ0) is 31.0. The van der Waals surface area contributed by atoms with Gasteiger partial charge in [0.1, 0.15) is 10.9 Å². The van der Waals surface area contributed by atoms with Crippen LogP contribution in [0.5, 0.6) is 5.88 Å². The Labute approximate surface area is 252 Å². The highest BCUT2D eigenvalue weighted by Gasteiger charge is 2.49. The number of benzene rings is 2. The van der Waals surface area contributed by atoms with Gasteiger partial charge in [-0.25, -0.2) is 13.4 Å². The van der Waals surface area contributed by atoms with Crippen molar-refractivity contribution in [1.29, 1.82) is 0 Å². The van der Waals surface area contributed by atoms with Gasteiger partial charge in [-0.2, -0.15) is 4.72 Å². The molecule has 10 heteroatoms. The molecule has 3 aromatic rings. The number of carbonyl (C=O) groups excluding carboxylic acids is 1. The minimum atomic E-state index is -4.07. The topological polar surface area (TPSA) is 104 Å². The Kier molecular flexibility index (Phi) is 11.5. The molecular formula is C32H44N2O6SSi. The fraction of sp³-hybridized carbons (Fsp3) is 0.438. The Morgan fingerprint density at radius 1 is 0.929 bits per heavy atom. The van der Waals surface area contributed by atoms with Crippen molar-refractivity contribution in [2.45, 2.75) is 82.9 Å². The normalized spacial score (nSPS) is 13.8. The van der Waals surface area contributed by atoms with Crippen molar-refractivity contribution in [1.82, 2.24) is 9.71 Å². The van der Waals surface area contributed by atoms with Crippen LogP contribution in [-0.4, -0.2) is 53.6 Å². The summed E-state index contributed by atoms with van der Waals surface area (Å²) in [6.07, 6.45) is 2.04. The van der Waals surface area contributed by atoms with E-state index in [0.717, 1.165) is 12.8 Å². The van der Waals surface area contributed by atoms with E-state index in [0.29, 0.717) is 18.7 Å². The van der Waals surface area contributed by atoms with Gasteiger partial charge < -0.3 is 13.9 Å². The minimum Gasteiger partial charge on any atom is -0.474 e. The van der Waals surface area contributed by atoms with E-state index >= 15 is 0 Å². The zero-order valence-electron chi connectivity index (χ0n) is 25.7. The van der Waals surface area contributed by atoms with E-state index in [2.05, 4.69) is 83.7 Å². The number of aryl methyl sites for hydroxylation is 1. The lowest BCUT2D eigenvalue weighted by atomic mass is 10.2. The molecule has 42 heavy (non-hydrogen) atoms. The third-order valence-electron chi connectivity index (χ3n) is 7.19. The third-order valence-corrected chi connectivity index (χ3v) is 13.8. The molecule has 1 aromatic heterocycles. The molecule has 0 radical (unpaired) electrons. The summed E-state index contributed by atoms with van der Waals surface area (Å²) >= 11 is 0. The number of ether oxygens (including phenoxy) is 2. The molecule has 0 aliphatic heterocycles. The van der Waals surface area contributed by atoms with Gasteiger partial charge in [0.05, 0.1) is 13.2 Å². The van der Waals surface area contributed by atoms with Crippen LogP contribution in [-0.2, 0) is 24.0 Å². The Hall–Kier alpha value is -3.05. The van der Waals surface area contributed by atoms with Gasteiger partial charge in [0.2, 0.25) is 15.9 Å². The van der Waals surface area contributed by atoms with E-state index in [1.807, 2.05) is 19.1 Å². The lowest BCUT2D eigenvalue weighted by Crippen LogP contribution is -2.66. The smallest absolute Gasteiger partial charge is 0.323 e. The maximum absolute atomic E-state index is 13.0. The van der Waals surface area contributed by atoms with Crippen molar-refractivity contribution in [3.8, 4) is 5.88 Å². The molecular weight excluding hydrogens is 569 g/mol. The summed E-state index contributed by atoms with van der Waals surface area (Å²) < 4.78 is 46.1. The van der Waals surface area contributed by atoms with Crippen molar-refractivity contribution in [2.75, 3.05) is 13.7 Å². The first-order valence-electron chi connectivity index (χ1n) is 14.3. The second-order valence-electron chi connectivity index (χ2n) is 11.6. The van der Waals surface area contributed by atoms with Crippen LogP contribution in [0.25, 0.3) is 0 Å². The van der Waals surface area contributed by atoms with Gasteiger partial charge in [-0.3, -0.25) is 4.79 Å². The van der Waals surface area contributed by atoms with E-state index in [1.165, 1.54) is 30.5 Å². The van der Waals surface area contributed by atoms with Gasteiger partial charge >= 0.3 is 5.97 Å². The Morgan fingerprint density at radius 2 is 1.50 bits per heavy atom. The quantitative estimate of drug-likeness (QED) is 0.159. The van der Waals surface area contributed by atoms with Crippen LogP contribution >= 0.6 is 0 Å². The average Bonchev–Trinajstić information content (AvgIpc) is 2.94. The van der Waals surface area contributed by atoms with Gasteiger partial charge in [-0.1, -0.05) is 81.4 Å². The highest BCUT2D eigenvalue weighted by molar-refractivity contribution is 7.89. The summed E-state index contributed by atoms with van der Waals surface area (Å²) in [7, 11) is -5.46. The zero-order valence-corrected chi connectivity index (χ0v) is 27.5. The van der Waals surface area contributed by atoms with E-state index in [1.54, 1.807) is 13.0 Å². The molecule has 3 rings (SSSR count). The van der Waals surface area contributed by atoms with Crippen LogP contribution in [0.1, 0.15) is 59.6 Å². The number of nitrogens with one attached hydrogen (secondary N) is 1. The molecule has 228 valence electrons. The number of aromatic nitrogens is 1. The number of unbranched alkanes of at least 4 members (excludes halogenated alkanes) is 1. The van der Waals surface area contributed by atoms with E-state index in [9.17, 15) is 13.2 Å². The number of hydrogen-bond donors (Lipinski definition) is 1. The van der Waals surface area contributed by atoms with Crippen molar-refractivity contribution < 1.29 is 27.1 Å². The predicted molar refractivity (Wildman–Crippen MR) is 168 cm³/mol. The molecule has 0 saturated heterocycles. The van der Waals surface area contributed by atoms with Crippen molar-refractivity contribution in [2.24, 2.45) is 0 Å². The van der Waals surface area contributed by atoms with Crippen LogP contribution in [0.15, 0.2) is 77.7 Å². The molecule has 0 aliphatic carbocycles. The predicted octanol–water partition coefficient (Wildman–Crippen LogP) is 4.74. The molecule has 8 nitrogen and oxygen atoms in total. The molecule has 0 bridgehead atoms. The first-order chi connectivity index (χ1) is 19.8. The first kappa shape index (κ1) is 33.4. The highest BCUT2D eigenvalue weighted by atomic mass is 32.2. The molecule has 2 atom stereocenters. The average molecular weight is 613 g/mol. The van der Waals surface area contributed by atoms with Crippen molar-refractivity contribution >= 4 is 34.7 Å². The van der Waals surface area contributed by atoms with E-state index < -0.39 is 30.4 Å². The van der Waals surface area contributed by atoms with Gasteiger partial charge in [-0.15, -0.1) is 0 Å². The summed E-state index contributed by atoms with van der Waals surface area (Å²) in [5, 5.41) is 2.40. The van der Waals surface area contributed by atoms with Gasteiger partial charge in [0, 0.05) is 12.3 Å². The van der Waals surface area contributed by atoms with Gasteiger partial charge in [0.15, 0.2) is 0 Å². The van der Waals surface area contributed by atoms with Crippen LogP contribution < -0.4 is 19.8 Å². The second kappa shape index (κ2) is 14.4. The fourth-order valence-corrected chi connectivity index (χ4v) is 11.0. The molecule has 0 fully saturated rings. The van der Waals surface area contributed by atoms with Crippen LogP contribution in [0.3, 0.4) is 0 Å². The largest absolute Gasteiger partial charge is 0.474 e. The van der Waals surface area contributed by atoms with Crippen molar-refractivity contribution in [3.63, 3.8) is 0 Å². The molecule has 2 aromatic carbocycles. The second-order valence-corrected chi connectivity index (χ2v) is 17.5. The van der Waals surface area contributed by atoms with E-state index in [-0.39, 0.29) is 21.9 Å². The van der Waals surface area contributed by atoms with Crippen LogP contribution in [0.2, 0.25) is 5.04 Å². The van der Waals surface area contributed by atoms with Gasteiger partial charge in [-0.05, 0) is 67.6 Å². The number of methoxy groups -OCH3 is 1. The monoisotopic (exact) mass is 612 g/mol. The number of sulfonamides is 1. The first-order valence-corrected chi connectivity index (χ1v) is 17.7. The Bertz CT molecular complexity index is 1370. The number of esters is 1. The minimum absolute atomic E-state index is 0.00984. The third kappa shape index (κ3) is 8.06. The van der Waals surface area contributed by atoms with E-state index in [4.69, 9.17) is 9.16 Å². The highest BCUT2D eigenvalue weighted by Crippen LogP contribution is 2.37. The molecule has 0 saturated carbocycles. The molecule has 0 spiro atoms. The molecule has 0 amide bonds. The molecule has 1 N–H and O–H groups in total. The summed E-state index contributed by atoms with van der Waals surface area (Å²) in [5.74, 6) is -0.676. The maximum atomic E-state index is 13.0. The molecule has 1 heterocycles. The Balaban J connectivity index is 1.68. The van der Waals surface area contributed by atoms with Crippen LogP contribution in [0, 0.1) is 6.92 Å². The van der Waals surface area contributed by atoms with Gasteiger partial charge in [0.25, 0.3) is 8.32 Å². The standard InChI is InChI=1S/C32H44N2O6SSi/c1-24-21-22-29(41(36,37)34-26(3)31(35)38-7)30(33-24)40-25(2)16-14-15-23-39-42(32(4,5)6,27-17-10-8-11-18-27)28-19-12-9-13-20-28/h8-13,17-22,25-26,34H,14-16,23H2,1-7H3/t25-,26+/m1/s1. The van der Waals surface area contributed by atoms with Crippen molar-refractivity contribution in [3.05, 3.63) is 78.5 Å². The number of carbonyl (C=O) groups is 1. The maximum Gasteiger partial charge on any atom is 0.323 e. The Morgan fingerprint density at radius 3 is 2.02 bits per heavy atom. The summed E-state index contributed by atoms with van der Waals surface area (Å²) in [5.41, 5.74) is 0.621.